The molecule has 0 spiro atoms. The van der Waals surface area contributed by atoms with Gasteiger partial charge in [-0.25, -0.2) is 0 Å². The van der Waals surface area contributed by atoms with Crippen LogP contribution in [0.2, 0.25) is 0 Å². The number of hydrogen-bond donors (Lipinski definition) is 0. The predicted molar refractivity (Wildman–Crippen MR) is 21.7 cm³/mol. The fraction of sp³-hybridized carbons (Fsp3) is 0.600. The Morgan fingerprint density at radius 2 is 2.33 bits per heavy atom. The summed E-state index contributed by atoms with van der Waals surface area (Å²) in [6, 6.07) is 0. The van der Waals surface area contributed by atoms with E-state index in [4.69, 9.17) is 0 Å². The van der Waals surface area contributed by atoms with E-state index in [2.05, 4.69) is 12.2 Å². The van der Waals surface area contributed by atoms with Crippen LogP contribution in [-0.2, 0) is 32.7 Å². The van der Waals surface area contributed by atoms with Crippen molar-refractivity contribution in [2.24, 2.45) is 0 Å². The van der Waals surface area contributed by atoms with Crippen molar-refractivity contribution in [1.29, 1.82) is 0 Å². The second kappa shape index (κ2) is 4.02. The monoisotopic (exact) mass is 156 g/mol. The average molecular weight is 156 g/mol. The molecule has 0 saturated heterocycles. The van der Waals surface area contributed by atoms with Gasteiger partial charge in [0, 0.05) is 32.7 Å². The van der Waals surface area contributed by atoms with E-state index in [9.17, 15) is 0 Å². The van der Waals surface area contributed by atoms with Crippen molar-refractivity contribution < 1.29 is 32.7 Å². The van der Waals surface area contributed by atoms with Crippen LogP contribution < -0.4 is 0 Å². The molecule has 1 radical (unpaired) electrons. The summed E-state index contributed by atoms with van der Waals surface area (Å²) >= 11 is 0. The van der Waals surface area contributed by atoms with Gasteiger partial charge < -0.3 is 6.08 Å². The van der Waals surface area contributed by atoms with Gasteiger partial charge in [-0.15, -0.1) is 0 Å². The Balaban J connectivity index is 0.000000250. The molecule has 1 rings (SSSR count). The van der Waals surface area contributed by atoms with E-state index in [-0.39, 0.29) is 32.7 Å². The average Bonchev–Trinajstić information content (AvgIpc) is 1.76. The zero-order chi connectivity index (χ0) is 3.54. The molecule has 0 fully saturated rings. The molecule has 0 nitrogen and oxygen atoms in total. The third-order valence-electron chi connectivity index (χ3n) is 0.814. The van der Waals surface area contributed by atoms with Crippen molar-refractivity contribution in [2.75, 3.05) is 0 Å². The van der Waals surface area contributed by atoms with Gasteiger partial charge >= 0.3 is 0 Å². The molecular formula is C5H7Y-. The van der Waals surface area contributed by atoms with E-state index >= 15 is 0 Å². The van der Waals surface area contributed by atoms with Crippen molar-refractivity contribution in [3.8, 4) is 0 Å². The van der Waals surface area contributed by atoms with Crippen LogP contribution in [0.4, 0.5) is 0 Å². The molecule has 0 heterocycles. The Morgan fingerprint density at radius 1 is 1.50 bits per heavy atom. The molecule has 1 heteroatoms. The van der Waals surface area contributed by atoms with Gasteiger partial charge in [-0.3, -0.25) is 6.08 Å². The summed E-state index contributed by atoms with van der Waals surface area (Å²) in [4.78, 5) is 0. The molecule has 0 N–H and O–H groups in total. The van der Waals surface area contributed by atoms with E-state index in [0.29, 0.717) is 0 Å². The molecule has 0 saturated carbocycles. The van der Waals surface area contributed by atoms with Gasteiger partial charge in [-0.2, -0.15) is 6.42 Å². The maximum atomic E-state index is 3.10. The largest absolute Gasteiger partial charge is 0.501 e. The summed E-state index contributed by atoms with van der Waals surface area (Å²) in [5, 5.41) is 0. The molecule has 0 amide bonds. The fourth-order valence-electron chi connectivity index (χ4n) is 0.510. The Bertz CT molecular complexity index is 41.9. The molecule has 1 aliphatic carbocycles. The van der Waals surface area contributed by atoms with Crippen LogP contribution in [0.3, 0.4) is 0 Å². The molecule has 1 aliphatic rings. The van der Waals surface area contributed by atoms with Gasteiger partial charge in [-0.1, -0.05) is 12.8 Å². The minimum absolute atomic E-state index is 0. The van der Waals surface area contributed by atoms with Crippen molar-refractivity contribution >= 4 is 0 Å². The van der Waals surface area contributed by atoms with Crippen molar-refractivity contribution in [1.82, 2.24) is 0 Å². The Hall–Kier alpha value is 0.844. The topological polar surface area (TPSA) is 0 Å². The molecular weight excluding hydrogens is 149 g/mol. The van der Waals surface area contributed by atoms with Crippen LogP contribution in [-0.4, -0.2) is 0 Å². The quantitative estimate of drug-likeness (QED) is 0.466. The maximum Gasteiger partial charge on any atom is 0 e. The third-order valence-corrected chi connectivity index (χ3v) is 0.814. The number of rotatable bonds is 0. The number of allylic oxidation sites excluding steroid dienone is 2. The second-order valence-electron chi connectivity index (χ2n) is 1.30. The summed E-state index contributed by atoms with van der Waals surface area (Å²) < 4.78 is 0. The van der Waals surface area contributed by atoms with E-state index < -0.39 is 0 Å². The first-order valence-corrected chi connectivity index (χ1v) is 2.05. The summed E-state index contributed by atoms with van der Waals surface area (Å²) in [7, 11) is 0. The molecule has 6 heavy (non-hydrogen) atoms. The maximum absolute atomic E-state index is 3.10. The van der Waals surface area contributed by atoms with Crippen LogP contribution in [0, 0.1) is 6.08 Å². The molecule has 0 aromatic heterocycles. The number of hydrogen-bond acceptors (Lipinski definition) is 0. The van der Waals surface area contributed by atoms with Crippen LogP contribution in [0.25, 0.3) is 0 Å². The van der Waals surface area contributed by atoms with Gasteiger partial charge in [0.15, 0.2) is 0 Å². The zero-order valence-corrected chi connectivity index (χ0v) is 6.61. The summed E-state index contributed by atoms with van der Waals surface area (Å²) in [6.07, 6.45) is 9.00. The van der Waals surface area contributed by atoms with Crippen molar-refractivity contribution in [3.63, 3.8) is 0 Å². The first-order valence-electron chi connectivity index (χ1n) is 2.05. The zero-order valence-electron chi connectivity index (χ0n) is 3.78. The van der Waals surface area contributed by atoms with Crippen LogP contribution >= 0.6 is 0 Å². The smallest absolute Gasteiger partial charge is 0 e. The van der Waals surface area contributed by atoms with Gasteiger partial charge in [0.25, 0.3) is 0 Å². The third kappa shape index (κ3) is 2.10. The summed E-state index contributed by atoms with van der Waals surface area (Å²) in [6.45, 7) is 0. The van der Waals surface area contributed by atoms with Crippen LogP contribution in [0.1, 0.15) is 19.3 Å². The van der Waals surface area contributed by atoms with E-state index in [1.807, 2.05) is 0 Å². The first-order chi connectivity index (χ1) is 2.50. The van der Waals surface area contributed by atoms with Crippen LogP contribution in [0.5, 0.6) is 0 Å². The molecule has 0 aromatic rings. The van der Waals surface area contributed by atoms with Gasteiger partial charge in [0.05, 0.1) is 0 Å². The molecule has 0 bridgehead atoms. The van der Waals surface area contributed by atoms with Crippen molar-refractivity contribution in [3.05, 3.63) is 12.2 Å². The normalized spacial score (nSPS) is 17.3. The summed E-state index contributed by atoms with van der Waals surface area (Å²) in [5.74, 6) is 0. The Morgan fingerprint density at radius 3 is 2.50 bits per heavy atom. The molecule has 31 valence electrons. The molecule has 0 aromatic carbocycles. The predicted octanol–water partition coefficient (Wildman–Crippen LogP) is 1.53. The van der Waals surface area contributed by atoms with Gasteiger partial charge in [-0.05, 0) is 0 Å². The summed E-state index contributed by atoms with van der Waals surface area (Å²) in [5.41, 5.74) is 0. The SMILES string of the molecule is [C-]1=CCCC1.[Y]. The fourth-order valence-corrected chi connectivity index (χ4v) is 0.510. The Labute approximate surface area is 63.9 Å². The van der Waals surface area contributed by atoms with E-state index in [0.717, 1.165) is 0 Å². The molecule has 0 unspecified atom stereocenters. The minimum Gasteiger partial charge on any atom is -0.501 e. The Kier molecular flexibility index (Phi) is 4.58. The standard InChI is InChI=1S/C5H7.Y/c1-2-4-5-3-1;/h1H,2,4-5H2;/q-1;. The first kappa shape index (κ1) is 6.84. The molecule has 0 aliphatic heterocycles. The van der Waals surface area contributed by atoms with E-state index in [1.165, 1.54) is 19.3 Å². The molecule has 0 atom stereocenters. The van der Waals surface area contributed by atoms with Gasteiger partial charge in [0.2, 0.25) is 0 Å². The van der Waals surface area contributed by atoms with Crippen molar-refractivity contribution in [2.45, 2.75) is 19.3 Å². The van der Waals surface area contributed by atoms with E-state index in [1.54, 1.807) is 0 Å². The van der Waals surface area contributed by atoms with Gasteiger partial charge in [0.1, 0.15) is 0 Å². The minimum atomic E-state index is 0. The second-order valence-corrected chi connectivity index (χ2v) is 1.30. The van der Waals surface area contributed by atoms with Crippen LogP contribution in [0.15, 0.2) is 6.08 Å².